The number of rotatable bonds is 10. The summed E-state index contributed by atoms with van der Waals surface area (Å²) in [5.74, 6) is 11.4. The third kappa shape index (κ3) is 10.7. The molecule has 2 aromatic carbocycles. The van der Waals surface area contributed by atoms with Crippen molar-refractivity contribution in [2.75, 3.05) is 32.6 Å². The number of hydrogen-bond acceptors (Lipinski definition) is 12. The van der Waals surface area contributed by atoms with Crippen molar-refractivity contribution in [3.63, 3.8) is 0 Å². The predicted octanol–water partition coefficient (Wildman–Crippen LogP) is 14.0. The van der Waals surface area contributed by atoms with Gasteiger partial charge in [0.05, 0.1) is 18.9 Å². The average Bonchev–Trinajstić information content (AvgIpc) is 1.38. The van der Waals surface area contributed by atoms with E-state index < -0.39 is 27.6 Å². The standard InChI is InChI=1S/C76H102N4O8/c1-4-50-24-26-57-58(21-15-38-81)60-22-13-34-75(60)55-43-62(69-66(44-55)87-73(49-77-2)46-67(71(36-39-86-69)31-9-6-10-32-71)72(47-73)35-30-54-42-52-16-11-23-64(52)88-76(54,84)48-72)80-70(79-56-19-7-5-8-20-56)78-37-14-18-53-17-12-33-74(53,68(83)29-27-61(75)59(57)40-50)45-51-25-28-63(82)65(41-51)85-3/h25,27-30,35,41,43-44,50,52-54,56-61,64,67,77,81-82,84H,4-13,15-24,26,31-34,38,40,42,45-49H2,1-3H3,(H2,78,79,80)/b29-27+/t50-,52+,53-,54+,57-,58+,59-,60-,61-,64-,67+,72+,73+,74+,75+,76+/m1/s1. The van der Waals surface area contributed by atoms with E-state index in [0.29, 0.717) is 85.0 Å². The van der Waals surface area contributed by atoms with E-state index in [1.807, 2.05) is 12.1 Å². The molecule has 12 aliphatic rings. The molecule has 3 spiro atoms. The average molecular weight is 1200 g/mol. The molecule has 9 aliphatic carbocycles. The Morgan fingerprint density at radius 2 is 1.74 bits per heavy atom. The first-order valence-corrected chi connectivity index (χ1v) is 35.5. The Kier molecular flexibility index (Phi) is 16.9. The van der Waals surface area contributed by atoms with E-state index >= 15 is 4.79 Å². The third-order valence-electron chi connectivity index (χ3n) is 26.2. The van der Waals surface area contributed by atoms with Gasteiger partial charge in [0.25, 0.3) is 0 Å². The summed E-state index contributed by atoms with van der Waals surface area (Å²) in [6, 6.07) is 13.9. The van der Waals surface area contributed by atoms with Crippen LogP contribution in [0.4, 0.5) is 5.69 Å². The lowest BCUT2D eigenvalue weighted by Crippen LogP contribution is -2.56. The molecule has 0 unspecified atom stereocenters. The highest BCUT2D eigenvalue weighted by molar-refractivity contribution is 5.97. The van der Waals surface area contributed by atoms with Crippen LogP contribution in [0.1, 0.15) is 211 Å². The summed E-state index contributed by atoms with van der Waals surface area (Å²) in [5.41, 5.74) is 0.293. The van der Waals surface area contributed by atoms with Crippen molar-refractivity contribution < 1.29 is 39.1 Å². The van der Waals surface area contributed by atoms with Gasteiger partial charge in [-0.25, -0.2) is 0 Å². The van der Waals surface area contributed by atoms with Crippen LogP contribution in [0.25, 0.3) is 0 Å². The first kappa shape index (κ1) is 60.6. The number of phenolic OH excluding ortho intramolecular Hbond substituents is 1. The van der Waals surface area contributed by atoms with Crippen molar-refractivity contribution in [2.24, 2.45) is 80.4 Å². The van der Waals surface area contributed by atoms with E-state index in [0.717, 1.165) is 153 Å². The third-order valence-corrected chi connectivity index (χ3v) is 26.2. The van der Waals surface area contributed by atoms with Gasteiger partial charge in [-0.2, -0.15) is 4.99 Å². The minimum absolute atomic E-state index is 0.00310. The molecule has 0 aromatic heterocycles. The van der Waals surface area contributed by atoms with Gasteiger partial charge in [0.15, 0.2) is 28.8 Å². The summed E-state index contributed by atoms with van der Waals surface area (Å²) >= 11 is 0. The van der Waals surface area contributed by atoms with E-state index in [4.69, 9.17) is 23.9 Å². The number of nitrogens with one attached hydrogen (secondary N) is 3. The maximum absolute atomic E-state index is 16.1. The van der Waals surface area contributed by atoms with Gasteiger partial charge in [0.1, 0.15) is 11.7 Å². The molecule has 88 heavy (non-hydrogen) atoms. The molecule has 14 rings (SSSR count). The molecule has 9 fully saturated rings. The van der Waals surface area contributed by atoms with Gasteiger partial charge >= 0.3 is 0 Å². The molecule has 4 bridgehead atoms. The number of aliphatic imine (C=N–C) groups is 1. The van der Waals surface area contributed by atoms with Crippen molar-refractivity contribution in [3.05, 3.63) is 65.8 Å². The number of nitrogens with zero attached hydrogens (tertiary/aromatic N) is 1. The van der Waals surface area contributed by atoms with Crippen molar-refractivity contribution in [1.29, 1.82) is 0 Å². The summed E-state index contributed by atoms with van der Waals surface area (Å²) in [5, 5.41) is 46.3. The van der Waals surface area contributed by atoms with Gasteiger partial charge in [-0.3, -0.25) is 4.79 Å². The molecule has 0 radical (unpaired) electrons. The molecule has 6 N–H and O–H groups in total. The first-order valence-electron chi connectivity index (χ1n) is 35.5. The van der Waals surface area contributed by atoms with E-state index in [-0.39, 0.29) is 65.3 Å². The van der Waals surface area contributed by atoms with Crippen molar-refractivity contribution in [3.8, 4) is 47.0 Å². The number of aliphatic hydroxyl groups is 2. The van der Waals surface area contributed by atoms with Crippen molar-refractivity contribution in [2.45, 2.75) is 235 Å². The Balaban J connectivity index is 0.973. The Morgan fingerprint density at radius 1 is 0.886 bits per heavy atom. The van der Waals surface area contributed by atoms with Crippen LogP contribution in [0.5, 0.6) is 23.0 Å². The molecule has 474 valence electrons. The molecule has 12 nitrogen and oxygen atoms in total. The van der Waals surface area contributed by atoms with Crippen molar-refractivity contribution in [1.82, 2.24) is 10.6 Å². The van der Waals surface area contributed by atoms with E-state index in [1.54, 1.807) is 13.2 Å². The zero-order valence-electron chi connectivity index (χ0n) is 53.3. The molecular weight excluding hydrogens is 1100 g/mol. The number of aromatic hydroxyl groups is 1. The second-order valence-electron chi connectivity index (χ2n) is 30.7. The second kappa shape index (κ2) is 24.6. The summed E-state index contributed by atoms with van der Waals surface area (Å²) in [7, 11) is 3.65. The Labute approximate surface area is 525 Å². The van der Waals surface area contributed by atoms with Gasteiger partial charge in [0.2, 0.25) is 11.7 Å². The zero-order valence-corrected chi connectivity index (χ0v) is 53.3. The highest BCUT2D eigenvalue weighted by atomic mass is 16.6. The molecule has 3 aliphatic heterocycles. The van der Waals surface area contributed by atoms with Gasteiger partial charge in [-0.15, -0.1) is 0 Å². The smallest absolute Gasteiger partial charge is 0.210 e. The first-order chi connectivity index (χ1) is 42.9. The number of phenols is 1. The van der Waals surface area contributed by atoms with Crippen LogP contribution in [0.15, 0.2) is 59.6 Å². The summed E-state index contributed by atoms with van der Waals surface area (Å²) in [6.07, 6.45) is 43.3. The van der Waals surface area contributed by atoms with Crippen LogP contribution in [0.2, 0.25) is 0 Å². The molecule has 12 heteroatoms. The summed E-state index contributed by atoms with van der Waals surface area (Å²) < 4.78 is 28.1. The number of hydrogen-bond donors (Lipinski definition) is 6. The number of likely N-dealkylation sites (N-methyl/N-ethyl adjacent to an activating group) is 1. The fourth-order valence-electron chi connectivity index (χ4n) is 22.4. The molecule has 3 heterocycles. The highest BCUT2D eigenvalue weighted by Gasteiger charge is 2.67. The van der Waals surface area contributed by atoms with Crippen LogP contribution in [0, 0.1) is 99.4 Å². The molecule has 16 atom stereocenters. The van der Waals surface area contributed by atoms with Gasteiger partial charge in [-0.05, 0) is 217 Å². The SMILES string of the molecule is CC[C@@H]1CC[C@H]2[C@@H](C1)[C@H]1/C=C/C(=O)[C@]3(Cc4ccc(O)c(OC)c4)CCC[C@@H]3CC#CN=C(NC3CCCCC3)Nc3cc(cc4c3OC#CC3(CCCCC3)[C@@H]3C[C@@](CNC)(C[C@]35C=C[C@H]3C[C@@H]6CCC[C@H]6O[C@@]3(O)C5)O4)[C@]13CCC[C@@H]3[C@H]2CCCO. The number of ether oxygens (including phenoxy) is 4. The largest absolute Gasteiger partial charge is 0.504 e. The zero-order chi connectivity index (χ0) is 60.3. The number of methoxy groups -OCH3 is 1. The van der Waals surface area contributed by atoms with Gasteiger partial charge in [-0.1, -0.05) is 114 Å². The lowest BCUT2D eigenvalue weighted by Gasteiger charge is -2.59. The highest BCUT2D eigenvalue weighted by Crippen LogP contribution is 2.70. The van der Waals surface area contributed by atoms with Crippen LogP contribution in [-0.4, -0.2) is 77.9 Å². The lowest BCUT2D eigenvalue weighted by molar-refractivity contribution is -0.301. The maximum atomic E-state index is 16.1. The normalized spacial score (nSPS) is 40.0. The molecule has 2 aromatic rings. The molecule has 0 amide bonds. The number of fused-ring (bicyclic) bond motifs is 13. The van der Waals surface area contributed by atoms with Gasteiger partial charge < -0.3 is 50.2 Å². The number of anilines is 1. The van der Waals surface area contributed by atoms with Gasteiger partial charge in [0, 0.05) is 65.7 Å². The monoisotopic (exact) mass is 1200 g/mol. The minimum Gasteiger partial charge on any atom is -0.504 e. The van der Waals surface area contributed by atoms with Crippen LogP contribution < -0.4 is 30.2 Å². The maximum Gasteiger partial charge on any atom is 0.210 e. The lowest BCUT2D eigenvalue weighted by atomic mass is 9.45. The minimum atomic E-state index is -1.26. The number of carbonyl (C=O) groups excluding carboxylic acids is 1. The van der Waals surface area contributed by atoms with Crippen LogP contribution in [0.3, 0.4) is 0 Å². The molecule has 8 saturated carbocycles. The topological polar surface area (TPSA) is 163 Å². The van der Waals surface area contributed by atoms with Crippen molar-refractivity contribution >= 4 is 17.4 Å². The number of benzene rings is 2. The fraction of sp³-hybridized carbons (Fsp3) is 0.711. The predicted molar refractivity (Wildman–Crippen MR) is 345 cm³/mol. The van der Waals surface area contributed by atoms with Crippen LogP contribution in [-0.2, 0) is 21.4 Å². The number of aliphatic hydroxyl groups excluding tert-OH is 1. The molecule has 1 saturated heterocycles. The summed E-state index contributed by atoms with van der Waals surface area (Å²) in [6.45, 7) is 3.15. The van der Waals surface area contributed by atoms with E-state index in [9.17, 15) is 15.3 Å². The summed E-state index contributed by atoms with van der Waals surface area (Å²) in [4.78, 5) is 21.3. The second-order valence-corrected chi connectivity index (χ2v) is 30.7. The van der Waals surface area contributed by atoms with Crippen LogP contribution >= 0.6 is 0 Å². The Morgan fingerprint density at radius 3 is 2.57 bits per heavy atom. The number of carbonyl (C=O) groups is 1. The number of guanidine groups is 1. The quantitative estimate of drug-likeness (QED) is 0.0992. The van der Waals surface area contributed by atoms with E-state index in [2.05, 4.69) is 90.4 Å². The number of ketones is 1. The number of allylic oxidation sites excluding steroid dienone is 3. The molecular formula is C76H102N4O8. The van der Waals surface area contributed by atoms with E-state index in [1.165, 1.54) is 37.7 Å². The Bertz CT molecular complexity index is 3140. The Hall–Kier alpha value is -4.98. The fourth-order valence-corrected chi connectivity index (χ4v) is 22.4.